The van der Waals surface area contributed by atoms with Crippen LogP contribution in [0.15, 0.2) is 18.2 Å². The third-order valence-electron chi connectivity index (χ3n) is 3.71. The molecule has 4 heteroatoms. The number of hydrogen-bond donors (Lipinski definition) is 1. The van der Waals surface area contributed by atoms with Gasteiger partial charge in [-0.1, -0.05) is 41.8 Å². The minimum Gasteiger partial charge on any atom is -0.329 e. The number of halogens is 2. The van der Waals surface area contributed by atoms with E-state index in [2.05, 4.69) is 11.9 Å². The van der Waals surface area contributed by atoms with Crippen molar-refractivity contribution in [1.82, 2.24) is 4.90 Å². The summed E-state index contributed by atoms with van der Waals surface area (Å²) >= 11 is 12.3. The lowest BCUT2D eigenvalue weighted by molar-refractivity contribution is 0.113. The summed E-state index contributed by atoms with van der Waals surface area (Å²) in [5.74, 6) is 0. The molecule has 0 saturated heterocycles. The Hall–Kier alpha value is -0.280. The van der Waals surface area contributed by atoms with Gasteiger partial charge in [0.2, 0.25) is 0 Å². The Balaban J connectivity index is 2.24. The maximum Gasteiger partial charge on any atom is 0.0640 e. The molecule has 2 nitrogen and oxygen atoms in total. The van der Waals surface area contributed by atoms with Crippen molar-refractivity contribution in [2.45, 2.75) is 31.3 Å². The number of nitrogens with zero attached hydrogens (tertiary/aromatic N) is 1. The second-order valence-electron chi connectivity index (χ2n) is 4.64. The Labute approximate surface area is 113 Å². The number of likely N-dealkylation sites (N-methyl/N-ethyl adjacent to an activating group) is 1. The highest BCUT2D eigenvalue weighted by molar-refractivity contribution is 6.42. The second-order valence-corrected chi connectivity index (χ2v) is 5.43. The number of rotatable bonds is 4. The first-order valence-corrected chi connectivity index (χ1v) is 6.76. The number of hydrogen-bond acceptors (Lipinski definition) is 2. The molecule has 2 N–H and O–H groups in total. The predicted octanol–water partition coefficient (Wildman–Crippen LogP) is 3.48. The van der Waals surface area contributed by atoms with Gasteiger partial charge in [-0.05, 0) is 31.5 Å². The minimum absolute atomic E-state index is 0.159. The van der Waals surface area contributed by atoms with Crippen LogP contribution in [0.5, 0.6) is 0 Å². The van der Waals surface area contributed by atoms with Crippen LogP contribution >= 0.6 is 23.2 Å². The zero-order valence-electron chi connectivity index (χ0n) is 10.00. The van der Waals surface area contributed by atoms with Crippen molar-refractivity contribution in [1.29, 1.82) is 0 Å². The summed E-state index contributed by atoms with van der Waals surface area (Å²) in [6.07, 6.45) is 3.83. The summed E-state index contributed by atoms with van der Waals surface area (Å²) in [6.45, 7) is 0.563. The van der Waals surface area contributed by atoms with Gasteiger partial charge < -0.3 is 5.73 Å². The van der Waals surface area contributed by atoms with Gasteiger partial charge in [0.15, 0.2) is 0 Å². The van der Waals surface area contributed by atoms with Crippen LogP contribution in [-0.2, 0) is 0 Å². The molecule has 0 radical (unpaired) electrons. The summed E-state index contributed by atoms with van der Waals surface area (Å²) in [4.78, 5) is 2.33. The topological polar surface area (TPSA) is 29.3 Å². The van der Waals surface area contributed by atoms with Crippen molar-refractivity contribution < 1.29 is 0 Å². The molecule has 0 bridgehead atoms. The van der Waals surface area contributed by atoms with Crippen LogP contribution in [0.25, 0.3) is 0 Å². The van der Waals surface area contributed by atoms with Gasteiger partial charge in [0.1, 0.15) is 0 Å². The first-order chi connectivity index (χ1) is 8.15. The highest BCUT2D eigenvalue weighted by Gasteiger charge is 2.28. The molecule has 17 heavy (non-hydrogen) atoms. The number of nitrogens with two attached hydrogens (primary N) is 1. The fourth-order valence-corrected chi connectivity index (χ4v) is 2.77. The molecule has 1 saturated carbocycles. The van der Waals surface area contributed by atoms with E-state index >= 15 is 0 Å². The quantitative estimate of drug-likeness (QED) is 0.910. The highest BCUT2D eigenvalue weighted by atomic mass is 35.5. The summed E-state index contributed by atoms with van der Waals surface area (Å²) < 4.78 is 0. The number of benzene rings is 1. The zero-order valence-corrected chi connectivity index (χ0v) is 11.5. The third kappa shape index (κ3) is 2.60. The Morgan fingerprint density at radius 2 is 2.12 bits per heavy atom. The maximum absolute atomic E-state index is 6.26. The lowest BCUT2D eigenvalue weighted by Gasteiger charge is -2.40. The monoisotopic (exact) mass is 272 g/mol. The van der Waals surface area contributed by atoms with Crippen LogP contribution in [0.2, 0.25) is 10.0 Å². The molecule has 1 unspecified atom stereocenters. The Morgan fingerprint density at radius 1 is 1.41 bits per heavy atom. The summed E-state index contributed by atoms with van der Waals surface area (Å²) in [5.41, 5.74) is 6.94. The lowest BCUT2D eigenvalue weighted by atomic mass is 9.89. The van der Waals surface area contributed by atoms with E-state index in [0.717, 1.165) is 5.56 Å². The molecular formula is C13H18Cl2N2. The van der Waals surface area contributed by atoms with E-state index in [1.807, 2.05) is 18.2 Å². The van der Waals surface area contributed by atoms with Crippen molar-refractivity contribution in [3.05, 3.63) is 33.8 Å². The Morgan fingerprint density at radius 3 is 2.65 bits per heavy atom. The van der Waals surface area contributed by atoms with Crippen molar-refractivity contribution >= 4 is 23.2 Å². The zero-order chi connectivity index (χ0) is 12.4. The highest BCUT2D eigenvalue weighted by Crippen LogP contribution is 2.35. The molecule has 1 atom stereocenters. The molecule has 0 heterocycles. The van der Waals surface area contributed by atoms with E-state index < -0.39 is 0 Å². The van der Waals surface area contributed by atoms with Crippen LogP contribution < -0.4 is 5.73 Å². The van der Waals surface area contributed by atoms with Gasteiger partial charge in [0.25, 0.3) is 0 Å². The van der Waals surface area contributed by atoms with E-state index in [-0.39, 0.29) is 6.04 Å². The molecule has 2 rings (SSSR count). The molecule has 0 spiro atoms. The van der Waals surface area contributed by atoms with Crippen LogP contribution in [0.1, 0.15) is 30.9 Å². The first-order valence-electron chi connectivity index (χ1n) is 6.01. The van der Waals surface area contributed by atoms with E-state index in [1.54, 1.807) is 0 Å². The van der Waals surface area contributed by atoms with Crippen molar-refractivity contribution in [3.63, 3.8) is 0 Å². The van der Waals surface area contributed by atoms with Crippen LogP contribution in [-0.4, -0.2) is 24.5 Å². The lowest BCUT2D eigenvalue weighted by Crippen LogP contribution is -2.42. The standard InChI is InChI=1S/C13H18Cl2N2/c1-17(9-4-2-5-9)12(8-16)10-6-3-7-11(14)13(10)15/h3,6-7,9,12H,2,4-5,8,16H2,1H3. The van der Waals surface area contributed by atoms with Crippen molar-refractivity contribution in [3.8, 4) is 0 Å². The van der Waals surface area contributed by atoms with Gasteiger partial charge in [-0.2, -0.15) is 0 Å². The SMILES string of the molecule is CN(C1CCC1)C(CN)c1cccc(Cl)c1Cl. The Kier molecular flexibility index (Phi) is 4.31. The van der Waals surface area contributed by atoms with Crippen LogP contribution in [0.3, 0.4) is 0 Å². The minimum atomic E-state index is 0.159. The molecule has 0 aromatic heterocycles. The van der Waals surface area contributed by atoms with Crippen LogP contribution in [0.4, 0.5) is 0 Å². The molecule has 1 aromatic rings. The van der Waals surface area contributed by atoms with Gasteiger partial charge in [0.05, 0.1) is 10.0 Å². The van der Waals surface area contributed by atoms with Gasteiger partial charge in [-0.15, -0.1) is 0 Å². The van der Waals surface area contributed by atoms with Crippen molar-refractivity contribution in [2.24, 2.45) is 5.73 Å². The first kappa shape index (κ1) is 13.2. The molecule has 1 aliphatic rings. The summed E-state index contributed by atoms with van der Waals surface area (Å²) in [6, 6.07) is 6.55. The molecule has 0 amide bonds. The Bertz CT molecular complexity index is 391. The average molecular weight is 273 g/mol. The molecule has 1 aromatic carbocycles. The van der Waals surface area contributed by atoms with E-state index in [0.29, 0.717) is 22.6 Å². The third-order valence-corrected chi connectivity index (χ3v) is 4.54. The van der Waals surface area contributed by atoms with Gasteiger partial charge >= 0.3 is 0 Å². The molecule has 1 aliphatic carbocycles. The van der Waals surface area contributed by atoms with Gasteiger partial charge in [0, 0.05) is 18.6 Å². The van der Waals surface area contributed by atoms with E-state index in [1.165, 1.54) is 19.3 Å². The smallest absolute Gasteiger partial charge is 0.0640 e. The molecule has 1 fully saturated rings. The second kappa shape index (κ2) is 5.57. The maximum atomic E-state index is 6.26. The van der Waals surface area contributed by atoms with E-state index in [9.17, 15) is 0 Å². The van der Waals surface area contributed by atoms with Gasteiger partial charge in [-0.3, -0.25) is 4.90 Å². The summed E-state index contributed by atoms with van der Waals surface area (Å²) in [7, 11) is 2.12. The normalized spacial score (nSPS) is 18.2. The average Bonchev–Trinajstić information content (AvgIpc) is 2.23. The summed E-state index contributed by atoms with van der Waals surface area (Å²) in [5, 5.41) is 1.24. The van der Waals surface area contributed by atoms with E-state index in [4.69, 9.17) is 28.9 Å². The molecular weight excluding hydrogens is 255 g/mol. The van der Waals surface area contributed by atoms with Crippen molar-refractivity contribution in [2.75, 3.05) is 13.6 Å². The largest absolute Gasteiger partial charge is 0.329 e. The fraction of sp³-hybridized carbons (Fsp3) is 0.538. The van der Waals surface area contributed by atoms with Crippen LogP contribution in [0, 0.1) is 0 Å². The predicted molar refractivity (Wildman–Crippen MR) is 73.7 cm³/mol. The van der Waals surface area contributed by atoms with Gasteiger partial charge in [-0.25, -0.2) is 0 Å². The fourth-order valence-electron chi connectivity index (χ4n) is 2.34. The molecule has 94 valence electrons. The molecule has 0 aliphatic heterocycles.